The van der Waals surface area contributed by atoms with Crippen LogP contribution in [0.5, 0.6) is 5.75 Å². The van der Waals surface area contributed by atoms with Crippen LogP contribution in [0.4, 0.5) is 5.69 Å². The fraction of sp³-hybridized carbons (Fsp3) is 0.588. The number of hydrogen-bond acceptors (Lipinski definition) is 3. The lowest BCUT2D eigenvalue weighted by atomic mass is 9.83. The van der Waals surface area contributed by atoms with Gasteiger partial charge in [0.25, 0.3) is 5.91 Å². The third-order valence-corrected chi connectivity index (χ3v) is 4.15. The van der Waals surface area contributed by atoms with E-state index in [0.29, 0.717) is 6.61 Å². The highest BCUT2D eigenvalue weighted by Crippen LogP contribution is 2.33. The summed E-state index contributed by atoms with van der Waals surface area (Å²) in [6.45, 7) is 4.48. The summed E-state index contributed by atoms with van der Waals surface area (Å²) in [6, 6.07) is 5.67. The highest BCUT2D eigenvalue weighted by Gasteiger charge is 2.40. The molecule has 1 aromatic rings. The number of rotatable bonds is 5. The van der Waals surface area contributed by atoms with E-state index in [1.54, 1.807) is 7.11 Å². The van der Waals surface area contributed by atoms with Gasteiger partial charge in [-0.1, -0.05) is 19.3 Å². The van der Waals surface area contributed by atoms with Gasteiger partial charge in [0.2, 0.25) is 0 Å². The van der Waals surface area contributed by atoms with Gasteiger partial charge in [-0.05, 0) is 50.5 Å². The second kappa shape index (κ2) is 6.94. The normalized spacial score (nSPS) is 17.3. The molecular weight excluding hydrogens is 266 g/mol. The molecule has 4 heteroatoms. The van der Waals surface area contributed by atoms with Crippen molar-refractivity contribution in [1.29, 1.82) is 0 Å². The monoisotopic (exact) mass is 291 g/mol. The molecule has 0 aromatic heterocycles. The van der Waals surface area contributed by atoms with E-state index in [-0.39, 0.29) is 5.91 Å². The van der Waals surface area contributed by atoms with Crippen LogP contribution in [0.3, 0.4) is 0 Å². The minimum atomic E-state index is -0.652. The lowest BCUT2D eigenvalue weighted by Gasteiger charge is -2.35. The Morgan fingerprint density at radius 1 is 1.29 bits per heavy atom. The molecule has 0 radical (unpaired) electrons. The zero-order valence-corrected chi connectivity index (χ0v) is 13.2. The van der Waals surface area contributed by atoms with Gasteiger partial charge < -0.3 is 14.8 Å². The molecule has 4 nitrogen and oxygen atoms in total. The molecule has 1 fully saturated rings. The predicted octanol–water partition coefficient (Wildman–Crippen LogP) is 3.68. The Balaban J connectivity index is 2.13. The van der Waals surface area contributed by atoms with Gasteiger partial charge in [0.05, 0.1) is 7.11 Å². The van der Waals surface area contributed by atoms with Gasteiger partial charge in [-0.2, -0.15) is 0 Å². The Bertz CT molecular complexity index is 487. The number of carbonyl (C=O) groups is 1. The summed E-state index contributed by atoms with van der Waals surface area (Å²) in [5.74, 6) is 0.804. The largest absolute Gasteiger partial charge is 0.496 e. The van der Waals surface area contributed by atoms with E-state index in [2.05, 4.69) is 5.32 Å². The van der Waals surface area contributed by atoms with Gasteiger partial charge in [0, 0.05) is 12.3 Å². The van der Waals surface area contributed by atoms with Crippen LogP contribution < -0.4 is 10.1 Å². The molecular formula is C17H25NO3. The third kappa shape index (κ3) is 3.56. The van der Waals surface area contributed by atoms with Crippen molar-refractivity contribution in [2.45, 2.75) is 51.6 Å². The van der Waals surface area contributed by atoms with Crippen molar-refractivity contribution >= 4 is 11.6 Å². The maximum atomic E-state index is 12.7. The van der Waals surface area contributed by atoms with E-state index < -0.39 is 5.60 Å². The quantitative estimate of drug-likeness (QED) is 0.900. The minimum Gasteiger partial charge on any atom is -0.496 e. The summed E-state index contributed by atoms with van der Waals surface area (Å²) in [6.07, 6.45) is 4.90. The lowest BCUT2D eigenvalue weighted by molar-refractivity contribution is -0.145. The zero-order valence-electron chi connectivity index (χ0n) is 13.2. The van der Waals surface area contributed by atoms with Gasteiger partial charge in [-0.25, -0.2) is 0 Å². The first kappa shape index (κ1) is 15.8. The van der Waals surface area contributed by atoms with Crippen molar-refractivity contribution in [3.05, 3.63) is 23.8 Å². The van der Waals surface area contributed by atoms with Crippen molar-refractivity contribution in [3.8, 4) is 5.75 Å². The number of methoxy groups -OCH3 is 1. The number of anilines is 1. The highest BCUT2D eigenvalue weighted by atomic mass is 16.5. The fourth-order valence-electron chi connectivity index (χ4n) is 3.04. The van der Waals surface area contributed by atoms with E-state index in [0.717, 1.165) is 42.7 Å². The van der Waals surface area contributed by atoms with Crippen LogP contribution >= 0.6 is 0 Å². The van der Waals surface area contributed by atoms with Gasteiger partial charge >= 0.3 is 0 Å². The van der Waals surface area contributed by atoms with Crippen LogP contribution in [0.25, 0.3) is 0 Å². The molecule has 21 heavy (non-hydrogen) atoms. The first-order valence-electron chi connectivity index (χ1n) is 7.71. The molecule has 0 unspecified atom stereocenters. The van der Waals surface area contributed by atoms with Gasteiger partial charge in [0.15, 0.2) is 0 Å². The standard InChI is InChI=1S/C17H25NO3/c1-4-21-17(10-6-5-7-11-17)16(19)18-14-8-9-15(20-3)13(2)12-14/h8-9,12H,4-7,10-11H2,1-3H3,(H,18,19). The average Bonchev–Trinajstić information content (AvgIpc) is 2.48. The fourth-order valence-corrected chi connectivity index (χ4v) is 3.04. The number of amides is 1. The molecule has 0 spiro atoms. The van der Waals surface area contributed by atoms with Gasteiger partial charge in [-0.15, -0.1) is 0 Å². The molecule has 2 rings (SSSR count). The van der Waals surface area contributed by atoms with Crippen LogP contribution in [-0.4, -0.2) is 25.2 Å². The van der Waals surface area contributed by atoms with Crippen molar-refractivity contribution < 1.29 is 14.3 Å². The number of benzene rings is 1. The van der Waals surface area contributed by atoms with Gasteiger partial charge in [0.1, 0.15) is 11.4 Å². The van der Waals surface area contributed by atoms with E-state index in [1.165, 1.54) is 6.42 Å². The number of hydrogen-bond donors (Lipinski definition) is 1. The molecule has 1 aromatic carbocycles. The smallest absolute Gasteiger partial charge is 0.256 e. The van der Waals surface area contributed by atoms with E-state index in [9.17, 15) is 4.79 Å². The number of carbonyl (C=O) groups excluding carboxylic acids is 1. The first-order chi connectivity index (χ1) is 10.1. The van der Waals surface area contributed by atoms with E-state index in [4.69, 9.17) is 9.47 Å². The number of ether oxygens (including phenoxy) is 2. The first-order valence-corrected chi connectivity index (χ1v) is 7.71. The molecule has 0 aliphatic heterocycles. The molecule has 1 amide bonds. The Hall–Kier alpha value is -1.55. The molecule has 1 aliphatic rings. The van der Waals surface area contributed by atoms with Crippen LogP contribution in [-0.2, 0) is 9.53 Å². The zero-order chi connectivity index (χ0) is 15.3. The number of aryl methyl sites for hydroxylation is 1. The van der Waals surface area contributed by atoms with Crippen LogP contribution in [0.15, 0.2) is 18.2 Å². The van der Waals surface area contributed by atoms with Crippen molar-refractivity contribution in [2.75, 3.05) is 19.0 Å². The molecule has 1 N–H and O–H groups in total. The Kier molecular flexibility index (Phi) is 5.23. The maximum Gasteiger partial charge on any atom is 0.256 e. The molecule has 116 valence electrons. The molecule has 0 heterocycles. The van der Waals surface area contributed by atoms with Crippen LogP contribution in [0.2, 0.25) is 0 Å². The average molecular weight is 291 g/mol. The topological polar surface area (TPSA) is 47.6 Å². The molecule has 0 bridgehead atoms. The van der Waals surface area contributed by atoms with E-state index in [1.807, 2.05) is 32.0 Å². The Morgan fingerprint density at radius 2 is 2.00 bits per heavy atom. The third-order valence-electron chi connectivity index (χ3n) is 4.15. The number of nitrogens with one attached hydrogen (secondary N) is 1. The SMILES string of the molecule is CCOC1(C(=O)Nc2ccc(OC)c(C)c2)CCCCC1. The molecule has 1 saturated carbocycles. The summed E-state index contributed by atoms with van der Waals surface area (Å²) in [4.78, 5) is 12.7. The summed E-state index contributed by atoms with van der Waals surface area (Å²) in [5, 5.41) is 3.01. The van der Waals surface area contributed by atoms with Gasteiger partial charge in [-0.3, -0.25) is 4.79 Å². The predicted molar refractivity (Wildman–Crippen MR) is 83.8 cm³/mol. The lowest BCUT2D eigenvalue weighted by Crippen LogP contribution is -2.47. The second-order valence-corrected chi connectivity index (χ2v) is 5.63. The molecule has 0 atom stereocenters. The van der Waals surface area contributed by atoms with E-state index >= 15 is 0 Å². The van der Waals surface area contributed by atoms with Crippen LogP contribution in [0, 0.1) is 6.92 Å². The minimum absolute atomic E-state index is 0.0198. The molecule has 0 saturated heterocycles. The summed E-state index contributed by atoms with van der Waals surface area (Å²) >= 11 is 0. The van der Waals surface area contributed by atoms with Crippen molar-refractivity contribution in [1.82, 2.24) is 0 Å². The second-order valence-electron chi connectivity index (χ2n) is 5.63. The molecule has 1 aliphatic carbocycles. The maximum absolute atomic E-state index is 12.7. The van der Waals surface area contributed by atoms with Crippen molar-refractivity contribution in [2.24, 2.45) is 0 Å². The Morgan fingerprint density at radius 3 is 2.57 bits per heavy atom. The Labute approximate surface area is 126 Å². The summed E-state index contributed by atoms with van der Waals surface area (Å²) in [7, 11) is 1.65. The van der Waals surface area contributed by atoms with Crippen molar-refractivity contribution in [3.63, 3.8) is 0 Å². The summed E-state index contributed by atoms with van der Waals surface area (Å²) in [5.41, 5.74) is 1.15. The van der Waals surface area contributed by atoms with Crippen LogP contribution in [0.1, 0.15) is 44.6 Å². The summed E-state index contributed by atoms with van der Waals surface area (Å²) < 4.78 is 11.1. The highest BCUT2D eigenvalue weighted by molar-refractivity contribution is 5.97.